The standard InChI is InChI=1S/C15H19.C2H7Ge.Zr/c1-10(2)14-6-5-7-15(14)13-8-11(3)12(4)9-13;1-3-2;/h6,8,10H,5,9H2,1-4H3;3H,1-2H3;/q-1;;. The van der Waals surface area contributed by atoms with Crippen LogP contribution < -0.4 is 0 Å². The van der Waals surface area contributed by atoms with Crippen molar-refractivity contribution < 1.29 is 26.2 Å². The number of hydrogen-bond acceptors (Lipinski definition) is 0. The second-order valence-electron chi connectivity index (χ2n) is 5.46. The third kappa shape index (κ3) is 5.35. The Morgan fingerprint density at radius 2 is 1.79 bits per heavy atom. The molecule has 0 atom stereocenters. The molecule has 0 saturated carbocycles. The van der Waals surface area contributed by atoms with Crippen LogP contribution in [0.2, 0.25) is 11.5 Å². The molecule has 0 fully saturated rings. The fourth-order valence-electron chi connectivity index (χ4n) is 2.31. The summed E-state index contributed by atoms with van der Waals surface area (Å²) in [6, 6.07) is 0. The van der Waals surface area contributed by atoms with Crippen LogP contribution in [0.3, 0.4) is 0 Å². The second-order valence-corrected chi connectivity index (χ2v) is 7.88. The SMILES string of the molecule is CC1=C(C)CC(C2=[C-]CC=C2C(C)C)=C1.[CH3][GeH][CH3].[Zr]. The van der Waals surface area contributed by atoms with Crippen LogP contribution in [0.5, 0.6) is 0 Å². The van der Waals surface area contributed by atoms with E-state index in [1.54, 1.807) is 0 Å². The maximum absolute atomic E-state index is 3.50. The van der Waals surface area contributed by atoms with Crippen molar-refractivity contribution >= 4 is 15.4 Å². The fraction of sp³-hybridized carbons (Fsp3) is 0.529. The van der Waals surface area contributed by atoms with E-state index in [9.17, 15) is 0 Å². The Morgan fingerprint density at radius 3 is 2.21 bits per heavy atom. The molecule has 0 aromatic carbocycles. The summed E-state index contributed by atoms with van der Waals surface area (Å²) in [4.78, 5) is 0. The van der Waals surface area contributed by atoms with Gasteiger partial charge in [0, 0.05) is 26.2 Å². The molecule has 2 heteroatoms. The van der Waals surface area contributed by atoms with Crippen molar-refractivity contribution in [3.8, 4) is 0 Å². The van der Waals surface area contributed by atoms with Crippen molar-refractivity contribution in [1.29, 1.82) is 0 Å². The summed E-state index contributed by atoms with van der Waals surface area (Å²) >= 11 is 0.312. The molecule has 0 N–H and O–H groups in total. The molecule has 19 heavy (non-hydrogen) atoms. The Kier molecular flexibility index (Phi) is 9.54. The predicted molar refractivity (Wildman–Crippen MR) is 84.2 cm³/mol. The van der Waals surface area contributed by atoms with Crippen LogP contribution in [0.25, 0.3) is 0 Å². The van der Waals surface area contributed by atoms with Crippen LogP contribution >= 0.6 is 0 Å². The Balaban J connectivity index is 0.000000742. The van der Waals surface area contributed by atoms with Gasteiger partial charge in [-0.05, 0) is 13.8 Å². The minimum Gasteiger partial charge on any atom is 0 e. The van der Waals surface area contributed by atoms with E-state index in [4.69, 9.17) is 0 Å². The molecule has 0 amide bonds. The molecule has 0 aliphatic heterocycles. The number of hydrogen-bond donors (Lipinski definition) is 0. The van der Waals surface area contributed by atoms with Crippen LogP contribution in [0, 0.1) is 12.0 Å². The Morgan fingerprint density at radius 1 is 1.21 bits per heavy atom. The van der Waals surface area contributed by atoms with E-state index in [1.807, 2.05) is 0 Å². The van der Waals surface area contributed by atoms with Gasteiger partial charge < -0.3 is 0 Å². The normalized spacial score (nSPS) is 17.5. The first-order chi connectivity index (χ1) is 8.51. The van der Waals surface area contributed by atoms with Crippen LogP contribution in [0.4, 0.5) is 0 Å². The summed E-state index contributed by atoms with van der Waals surface area (Å²) in [5.41, 5.74) is 7.30. The van der Waals surface area contributed by atoms with Gasteiger partial charge in [0.05, 0.1) is 0 Å². The summed E-state index contributed by atoms with van der Waals surface area (Å²) in [7, 11) is 0. The quantitative estimate of drug-likeness (QED) is 0.463. The van der Waals surface area contributed by atoms with Gasteiger partial charge in [0.25, 0.3) is 0 Å². The summed E-state index contributed by atoms with van der Waals surface area (Å²) in [6.07, 6.45) is 10.3. The van der Waals surface area contributed by atoms with Gasteiger partial charge in [-0.2, -0.15) is 17.2 Å². The van der Waals surface area contributed by atoms with Crippen molar-refractivity contribution in [3.63, 3.8) is 0 Å². The van der Waals surface area contributed by atoms with Gasteiger partial charge >= 0.3 is 26.9 Å². The maximum Gasteiger partial charge on any atom is 0 e. The first-order valence-electron chi connectivity index (χ1n) is 6.93. The first-order valence-corrected chi connectivity index (χ1v) is 11.8. The summed E-state index contributed by atoms with van der Waals surface area (Å²) < 4.78 is 0. The van der Waals surface area contributed by atoms with Crippen LogP contribution in [-0.4, -0.2) is 15.4 Å². The smallest absolute Gasteiger partial charge is 0 e. The van der Waals surface area contributed by atoms with Gasteiger partial charge in [-0.15, -0.1) is 17.7 Å². The topological polar surface area (TPSA) is 0 Å². The van der Waals surface area contributed by atoms with Gasteiger partial charge in [0.1, 0.15) is 0 Å². The molecule has 1 radical (unpaired) electrons. The summed E-state index contributed by atoms with van der Waals surface area (Å²) in [6.45, 7) is 8.96. The Hall–Kier alpha value is 0.386. The minimum absolute atomic E-state index is 0. The van der Waals surface area contributed by atoms with E-state index in [2.05, 4.69) is 57.4 Å². The molecule has 2 rings (SSSR count). The van der Waals surface area contributed by atoms with Gasteiger partial charge in [-0.1, -0.05) is 43.8 Å². The Bertz CT molecular complexity index is 423. The van der Waals surface area contributed by atoms with Crippen molar-refractivity contribution in [2.45, 2.75) is 52.0 Å². The molecule has 2 aliphatic carbocycles. The average molecular weight is 394 g/mol. The van der Waals surface area contributed by atoms with E-state index in [0.717, 1.165) is 12.8 Å². The van der Waals surface area contributed by atoms with E-state index in [-0.39, 0.29) is 26.2 Å². The maximum atomic E-state index is 3.50. The average Bonchev–Trinajstić information content (AvgIpc) is 2.87. The first kappa shape index (κ1) is 19.4. The monoisotopic (exact) mass is 394 g/mol. The molecular weight excluding hydrogens is 368 g/mol. The van der Waals surface area contributed by atoms with Gasteiger partial charge in [0.15, 0.2) is 0 Å². The van der Waals surface area contributed by atoms with E-state index >= 15 is 0 Å². The zero-order chi connectivity index (χ0) is 13.7. The van der Waals surface area contributed by atoms with E-state index in [0.29, 0.717) is 21.3 Å². The number of rotatable bonds is 2. The molecule has 2 aliphatic rings. The molecule has 0 nitrogen and oxygen atoms in total. The van der Waals surface area contributed by atoms with Gasteiger partial charge in [-0.25, -0.2) is 0 Å². The number of allylic oxidation sites excluding steroid dienone is 8. The largest absolute Gasteiger partial charge is 0 e. The molecule has 0 aromatic heterocycles. The minimum atomic E-state index is 0. The summed E-state index contributed by atoms with van der Waals surface area (Å²) in [5.74, 6) is 5.18. The van der Waals surface area contributed by atoms with Crippen LogP contribution in [-0.2, 0) is 26.2 Å². The van der Waals surface area contributed by atoms with Gasteiger partial charge in [-0.3, -0.25) is 0 Å². The molecule has 103 valence electrons. The zero-order valence-electron chi connectivity index (χ0n) is 13.2. The third-order valence-corrected chi connectivity index (χ3v) is 3.35. The van der Waals surface area contributed by atoms with Crippen molar-refractivity contribution in [2.24, 2.45) is 5.92 Å². The van der Waals surface area contributed by atoms with E-state index < -0.39 is 0 Å². The zero-order valence-corrected chi connectivity index (χ0v) is 18.1. The molecule has 0 saturated heterocycles. The van der Waals surface area contributed by atoms with Crippen LogP contribution in [0.15, 0.2) is 40.0 Å². The van der Waals surface area contributed by atoms with Crippen molar-refractivity contribution in [1.82, 2.24) is 0 Å². The molecule has 0 unspecified atom stereocenters. The van der Waals surface area contributed by atoms with E-state index in [1.165, 1.54) is 27.9 Å². The van der Waals surface area contributed by atoms with Crippen LogP contribution in [0.1, 0.15) is 40.5 Å². The molecule has 0 heterocycles. The third-order valence-electron chi connectivity index (χ3n) is 3.35. The predicted octanol–water partition coefficient (Wildman–Crippen LogP) is 4.89. The van der Waals surface area contributed by atoms with Crippen molar-refractivity contribution in [3.05, 3.63) is 46.1 Å². The molecular formula is C17H26GeZr-. The Labute approximate surface area is 145 Å². The van der Waals surface area contributed by atoms with Gasteiger partial charge in [0.2, 0.25) is 0 Å². The fourth-order valence-corrected chi connectivity index (χ4v) is 2.31. The molecule has 0 bridgehead atoms. The molecule has 0 aromatic rings. The van der Waals surface area contributed by atoms with Crippen molar-refractivity contribution in [2.75, 3.05) is 0 Å². The second kappa shape index (κ2) is 9.35. The molecule has 0 spiro atoms. The summed E-state index contributed by atoms with van der Waals surface area (Å²) in [5, 5.41) is 0.